The average molecular weight is 1510 g/mol. The quantitative estimate of drug-likeness (QED) is 0.176. The van der Waals surface area contributed by atoms with Crippen LogP contribution in [0, 0.1) is 13.7 Å². The number of furan rings is 4. The third-order valence-electron chi connectivity index (χ3n) is 21.4. The number of hydrogen-bond donors (Lipinski definition) is 0. The van der Waals surface area contributed by atoms with E-state index in [1.54, 1.807) is 39.0 Å². The number of para-hydroxylation sites is 4. The predicted octanol–water partition coefficient (Wildman–Crippen LogP) is 32.3. The number of rotatable bonds is 4. The van der Waals surface area contributed by atoms with Gasteiger partial charge in [0, 0.05) is 88.0 Å². The molecule has 0 amide bonds. The summed E-state index contributed by atoms with van der Waals surface area (Å²) in [6.07, 6.45) is -4.72. The van der Waals surface area contributed by atoms with E-state index in [1.165, 1.54) is 16.7 Å². The second-order valence-electron chi connectivity index (χ2n) is 35.7. The van der Waals surface area contributed by atoms with Crippen LogP contribution < -0.4 is 0 Å². The van der Waals surface area contributed by atoms with Crippen LogP contribution in [0.15, 0.2) is 236 Å². The van der Waals surface area contributed by atoms with Crippen molar-refractivity contribution in [2.45, 2.75) is 230 Å². The number of thiophene rings is 1. The molecule has 0 spiro atoms. The summed E-state index contributed by atoms with van der Waals surface area (Å²) in [7, 11) is 0. The molecule has 5 heterocycles. The molecule has 12 aromatic carbocycles. The van der Waals surface area contributed by atoms with Crippen molar-refractivity contribution in [3.05, 3.63) is 296 Å². The largest absolute Gasteiger partial charge is 0.456 e. The minimum atomic E-state index is -2.11. The molecule has 0 fully saturated rings. The Bertz CT molecular complexity index is 6600. The average Bonchev–Trinajstić information content (AvgIpc) is 1.61. The fourth-order valence-electron chi connectivity index (χ4n) is 16.1. The van der Waals surface area contributed by atoms with Gasteiger partial charge in [-0.3, -0.25) is 0 Å². The van der Waals surface area contributed by atoms with Crippen LogP contribution in [0.25, 0.3) is 119 Å². The molecule has 0 saturated carbocycles. The Labute approximate surface area is 690 Å². The van der Waals surface area contributed by atoms with Crippen LogP contribution in [0.3, 0.4) is 0 Å². The Kier molecular flexibility index (Phi) is 17.7. The highest BCUT2D eigenvalue weighted by molar-refractivity contribution is 7.25. The Hall–Kier alpha value is -9.94. The fourth-order valence-corrected chi connectivity index (χ4v) is 17.2. The first kappa shape index (κ1) is 63.6. The zero-order valence-corrected chi connectivity index (χ0v) is 70.3. The van der Waals surface area contributed by atoms with Crippen LogP contribution in [-0.2, 0) is 64.4 Å². The molecule has 17 aromatic rings. The highest BCUT2D eigenvalue weighted by Gasteiger charge is 2.29. The molecule has 0 unspecified atom stereocenters. The molecule has 0 saturated heterocycles. The van der Waals surface area contributed by atoms with Gasteiger partial charge in [0.1, 0.15) is 44.7 Å². The van der Waals surface area contributed by atoms with E-state index >= 15 is 0 Å². The maximum Gasteiger partial charge on any atom is 0.139 e. The molecule has 0 atom stereocenters. The molecule has 1 aliphatic carbocycles. The number of fused-ring (bicyclic) bond motifs is 18. The fraction of sp³-hybridized carbons (Fsp3) is 0.327. The van der Waals surface area contributed by atoms with Crippen LogP contribution in [0.2, 0.25) is 0 Å². The normalized spacial score (nSPS) is 15.2. The van der Waals surface area contributed by atoms with E-state index in [1.807, 2.05) is 176 Å². The Morgan fingerprint density at radius 3 is 1.37 bits per heavy atom. The van der Waals surface area contributed by atoms with Crippen LogP contribution >= 0.6 is 11.3 Å². The van der Waals surface area contributed by atoms with Gasteiger partial charge < -0.3 is 17.7 Å². The van der Waals surface area contributed by atoms with Gasteiger partial charge in [0.2, 0.25) is 0 Å². The standard InChI is InChI=1S/4C18H20O.C18H20.C17H18S/c1-5-12-10-17-14(11-15(12)18(2,3)4)13-8-6-7-9-16(13)19-17;1-5-12-15(18(2,3)4)11-10-14-13-8-6-7-9-16(13)19-17(12)14;1-5-12-10-11-14-13-8-6-7-9-15(13)19-17(14)16(12)18(2,3)4;1-5-12-10-11-15-16(17(12)18(2,3)4)13-8-6-7-9-14(13)19-15;1-12-9-16-14(11-17(12)18(2,3)4)10-13-7-5-6-8-15(13)16;1-11-13(17(2,3)4)9-10-15-16(11)12-7-5-6-8-14(12)18-15/h4*6-11H,5H2,1-4H3;5-9,11H,10H2,1-4H3;5-10H,1-4H3/i4*5D2;2*1D3. The third-order valence-corrected chi connectivity index (χ3v) is 22.6. The molecule has 576 valence electrons. The van der Waals surface area contributed by atoms with Crippen molar-refractivity contribution in [3.8, 4) is 11.1 Å². The lowest BCUT2D eigenvalue weighted by atomic mass is 9.80. The van der Waals surface area contributed by atoms with Gasteiger partial charge in [-0.2, -0.15) is 0 Å². The summed E-state index contributed by atoms with van der Waals surface area (Å²) in [5.41, 5.74) is 20.0. The monoisotopic (exact) mass is 1510 g/mol. The molecule has 0 aliphatic heterocycles. The highest BCUT2D eigenvalue weighted by atomic mass is 32.1. The van der Waals surface area contributed by atoms with E-state index in [0.717, 1.165) is 153 Å². The van der Waals surface area contributed by atoms with Gasteiger partial charge in [-0.1, -0.05) is 316 Å². The van der Waals surface area contributed by atoms with Crippen molar-refractivity contribution in [1.82, 2.24) is 0 Å². The lowest BCUT2D eigenvalue weighted by Gasteiger charge is -2.23. The molecular formula is C107H118O4S. The van der Waals surface area contributed by atoms with Crippen molar-refractivity contribution >= 4 is 119 Å². The first-order valence-electron chi connectivity index (χ1n) is 46.2. The summed E-state index contributed by atoms with van der Waals surface area (Å²) in [6, 6.07) is 71.8. The van der Waals surface area contributed by atoms with Gasteiger partial charge in [0.15, 0.2) is 0 Å². The second kappa shape index (κ2) is 31.2. The smallest absolute Gasteiger partial charge is 0.139 e. The van der Waals surface area contributed by atoms with Crippen LogP contribution in [0.4, 0.5) is 0 Å². The number of benzene rings is 12. The van der Waals surface area contributed by atoms with Crippen molar-refractivity contribution < 1.29 is 36.9 Å². The summed E-state index contributed by atoms with van der Waals surface area (Å²) in [4.78, 5) is 0. The van der Waals surface area contributed by atoms with E-state index in [4.69, 9.17) is 36.9 Å². The van der Waals surface area contributed by atoms with E-state index in [-0.39, 0.29) is 32.5 Å². The highest BCUT2D eigenvalue weighted by Crippen LogP contribution is 2.46. The molecule has 112 heavy (non-hydrogen) atoms. The molecule has 5 aromatic heterocycles. The van der Waals surface area contributed by atoms with E-state index in [9.17, 15) is 0 Å². The Morgan fingerprint density at radius 1 is 0.312 bits per heavy atom. The van der Waals surface area contributed by atoms with Crippen molar-refractivity contribution in [3.63, 3.8) is 0 Å². The zero-order valence-electron chi connectivity index (χ0n) is 83.5. The minimum Gasteiger partial charge on any atom is -0.456 e. The van der Waals surface area contributed by atoms with E-state index in [0.29, 0.717) is 33.4 Å². The minimum absolute atomic E-state index is 0.120. The van der Waals surface area contributed by atoms with E-state index in [2.05, 4.69) is 167 Å². The lowest BCUT2D eigenvalue weighted by molar-refractivity contribution is 0.566. The molecule has 18 rings (SSSR count). The van der Waals surface area contributed by atoms with Gasteiger partial charge in [-0.25, -0.2) is 0 Å². The molecule has 5 heteroatoms. The Morgan fingerprint density at radius 2 is 0.795 bits per heavy atom. The van der Waals surface area contributed by atoms with Crippen molar-refractivity contribution in [2.24, 2.45) is 0 Å². The maximum atomic E-state index is 8.26. The first-order valence-corrected chi connectivity index (χ1v) is 40.0. The van der Waals surface area contributed by atoms with Gasteiger partial charge in [-0.05, 0) is 216 Å². The first-order chi connectivity index (χ1) is 58.1. The van der Waals surface area contributed by atoms with Crippen LogP contribution in [0.1, 0.15) is 249 Å². The summed E-state index contributed by atoms with van der Waals surface area (Å²) >= 11 is 1.66. The molecule has 0 radical (unpaired) electrons. The number of aryl methyl sites for hydroxylation is 6. The molecular weight excluding hydrogens is 1380 g/mol. The van der Waals surface area contributed by atoms with Gasteiger partial charge >= 0.3 is 0 Å². The van der Waals surface area contributed by atoms with Crippen LogP contribution in [0.5, 0.6) is 0 Å². The third kappa shape index (κ3) is 16.0. The molecule has 4 nitrogen and oxygen atoms in total. The van der Waals surface area contributed by atoms with Crippen LogP contribution in [-0.4, -0.2) is 0 Å². The van der Waals surface area contributed by atoms with E-state index < -0.39 is 39.2 Å². The van der Waals surface area contributed by atoms with Gasteiger partial charge in [-0.15, -0.1) is 11.3 Å². The molecule has 0 N–H and O–H groups in total. The zero-order chi connectivity index (χ0) is 92.5. The van der Waals surface area contributed by atoms with Gasteiger partial charge in [0.05, 0.1) is 0 Å². The van der Waals surface area contributed by atoms with Crippen molar-refractivity contribution in [1.29, 1.82) is 0 Å². The number of hydrogen-bond acceptors (Lipinski definition) is 5. The second-order valence-corrected chi connectivity index (χ2v) is 36.8. The lowest BCUT2D eigenvalue weighted by Crippen LogP contribution is -2.14. The topological polar surface area (TPSA) is 52.6 Å². The van der Waals surface area contributed by atoms with Gasteiger partial charge in [0.25, 0.3) is 0 Å². The Balaban J connectivity index is 0.000000130. The van der Waals surface area contributed by atoms with Crippen molar-refractivity contribution in [2.75, 3.05) is 0 Å². The SMILES string of the molecule is [2H]C([2H])(C)c1c(C(C)(C)C)ccc2c1oc1ccccc12.[2H]C([2H])(C)c1cc2oc3ccccc3c2cc1C(C)(C)C.[2H]C([2H])(C)c1ccc2c(oc3ccccc32)c1C(C)(C)C.[2H]C([2H])(C)c1ccc2oc3ccccc3c2c1C(C)(C)C.[2H]C([2H])([2H])c1c(C(C)(C)C)ccc2sc3ccccc3c12.[2H]C([2H])([2H])c1cc2c(cc1C(C)(C)C)Cc1ccccc1-2. The molecule has 0 bridgehead atoms. The summed E-state index contributed by atoms with van der Waals surface area (Å²) in [5.74, 6) is 0. The summed E-state index contributed by atoms with van der Waals surface area (Å²) in [6.45, 7) is 40.0. The summed E-state index contributed by atoms with van der Waals surface area (Å²) in [5, 5.41) is 10.4. The maximum absolute atomic E-state index is 8.26. The predicted molar refractivity (Wildman–Crippen MR) is 488 cm³/mol. The summed E-state index contributed by atoms with van der Waals surface area (Å²) < 4.78 is 139. The molecule has 1 aliphatic rings.